The maximum atomic E-state index is 5.60. The maximum Gasteiger partial charge on any atom is 0.175 e. The highest BCUT2D eigenvalue weighted by Gasteiger charge is 1.92. The van der Waals surface area contributed by atoms with Gasteiger partial charge in [0.2, 0.25) is 0 Å². The molecule has 1 rings (SSSR count). The largest absolute Gasteiger partial charge is 0.175 e. The molecule has 0 N–H and O–H groups in total. The summed E-state index contributed by atoms with van der Waals surface area (Å²) in [6.07, 6.45) is 4.25. The van der Waals surface area contributed by atoms with Crippen LogP contribution in [0.3, 0.4) is 0 Å². The monoisotopic (exact) mass is 208 g/mol. The van der Waals surface area contributed by atoms with Crippen molar-refractivity contribution in [1.82, 2.24) is 0 Å². The van der Waals surface area contributed by atoms with Gasteiger partial charge in [-0.2, -0.15) is 11.1 Å². The predicted octanol–water partition coefficient (Wildman–Crippen LogP) is 3.59. The summed E-state index contributed by atoms with van der Waals surface area (Å²) in [5, 5.41) is 0. The summed E-state index contributed by atoms with van der Waals surface area (Å²) in [7, 11) is 0.490. The van der Waals surface area contributed by atoms with E-state index < -0.39 is 0 Å². The van der Waals surface area contributed by atoms with Gasteiger partial charge in [0.05, 0.1) is 0 Å². The summed E-state index contributed by atoms with van der Waals surface area (Å²) in [5.74, 6) is 0. The van der Waals surface area contributed by atoms with Crippen molar-refractivity contribution in [2.24, 2.45) is 0 Å². The number of hydrogen-bond acceptors (Lipinski definition) is 0. The minimum atomic E-state index is 0.490. The third-order valence-electron chi connectivity index (χ3n) is 2.04. The molecule has 0 aliphatic heterocycles. The second kappa shape index (κ2) is 5.25. The number of allylic oxidation sites excluding steroid dienone is 1. The van der Waals surface area contributed by atoms with E-state index in [-0.39, 0.29) is 0 Å². The van der Waals surface area contributed by atoms with Crippen LogP contribution < -0.4 is 0 Å². The standard InChI is InChI=1S/C11H13ClSi/c1-9-5-6-11(8-10(9)2)4-3-7-13-12/h3-6,8H,7H2,1-2H3. The van der Waals surface area contributed by atoms with Crippen LogP contribution in [-0.4, -0.2) is 8.83 Å². The molecule has 0 aliphatic rings. The second-order valence-electron chi connectivity index (χ2n) is 3.08. The molecule has 0 saturated carbocycles. The lowest BCUT2D eigenvalue weighted by molar-refractivity contribution is 1.33. The maximum absolute atomic E-state index is 5.60. The first-order chi connectivity index (χ1) is 6.24. The Bertz CT molecular complexity index is 305. The first kappa shape index (κ1) is 10.5. The van der Waals surface area contributed by atoms with E-state index in [9.17, 15) is 0 Å². The smallest absolute Gasteiger partial charge is 0.171 e. The van der Waals surface area contributed by atoms with Crippen molar-refractivity contribution in [3.63, 3.8) is 0 Å². The van der Waals surface area contributed by atoms with Gasteiger partial charge in [-0.1, -0.05) is 30.4 Å². The normalized spacial score (nSPS) is 11.0. The molecule has 2 radical (unpaired) electrons. The van der Waals surface area contributed by atoms with Gasteiger partial charge in [0.25, 0.3) is 0 Å². The zero-order chi connectivity index (χ0) is 9.68. The molecule has 0 aromatic heterocycles. The van der Waals surface area contributed by atoms with Crippen LogP contribution >= 0.6 is 11.1 Å². The summed E-state index contributed by atoms with van der Waals surface area (Å²) >= 11 is 5.60. The molecule has 1 aromatic rings. The van der Waals surface area contributed by atoms with Crippen LogP contribution in [0.5, 0.6) is 0 Å². The van der Waals surface area contributed by atoms with Crippen LogP contribution in [0, 0.1) is 13.8 Å². The summed E-state index contributed by atoms with van der Waals surface area (Å²) < 4.78 is 0. The molecule has 0 heterocycles. The summed E-state index contributed by atoms with van der Waals surface area (Å²) in [6.45, 7) is 4.26. The highest BCUT2D eigenvalue weighted by atomic mass is 35.6. The van der Waals surface area contributed by atoms with E-state index in [1.165, 1.54) is 16.7 Å². The Kier molecular flexibility index (Phi) is 4.26. The molecule has 0 saturated heterocycles. The van der Waals surface area contributed by atoms with E-state index >= 15 is 0 Å². The minimum absolute atomic E-state index is 0.490. The molecule has 0 fully saturated rings. The van der Waals surface area contributed by atoms with Crippen molar-refractivity contribution in [2.75, 3.05) is 0 Å². The molecule has 0 aliphatic carbocycles. The number of aryl methyl sites for hydroxylation is 2. The van der Waals surface area contributed by atoms with Gasteiger partial charge in [-0.15, -0.1) is 0 Å². The SMILES string of the molecule is Cc1ccc(C=CC[Si]Cl)cc1C. The van der Waals surface area contributed by atoms with Crippen LogP contribution in [0.1, 0.15) is 16.7 Å². The lowest BCUT2D eigenvalue weighted by atomic mass is 10.1. The molecular weight excluding hydrogens is 196 g/mol. The molecule has 2 heteroatoms. The van der Waals surface area contributed by atoms with Gasteiger partial charge < -0.3 is 0 Å². The van der Waals surface area contributed by atoms with Crippen molar-refractivity contribution in [3.8, 4) is 0 Å². The highest BCUT2D eigenvalue weighted by molar-refractivity contribution is 6.93. The fourth-order valence-corrected chi connectivity index (χ4v) is 1.58. The van der Waals surface area contributed by atoms with E-state index in [0.717, 1.165) is 6.04 Å². The van der Waals surface area contributed by atoms with E-state index in [0.29, 0.717) is 8.83 Å². The van der Waals surface area contributed by atoms with Crippen molar-refractivity contribution in [1.29, 1.82) is 0 Å². The van der Waals surface area contributed by atoms with E-state index in [4.69, 9.17) is 11.1 Å². The van der Waals surface area contributed by atoms with Crippen LogP contribution in [0.25, 0.3) is 6.08 Å². The number of benzene rings is 1. The Morgan fingerprint density at radius 1 is 1.31 bits per heavy atom. The average Bonchev–Trinajstić information content (AvgIpc) is 2.12. The second-order valence-corrected chi connectivity index (χ2v) is 4.56. The molecule has 1 aromatic carbocycles. The number of rotatable bonds is 3. The predicted molar refractivity (Wildman–Crippen MR) is 61.4 cm³/mol. The molecule has 68 valence electrons. The minimum Gasteiger partial charge on any atom is -0.171 e. The molecule has 0 spiro atoms. The molecule has 0 amide bonds. The summed E-state index contributed by atoms with van der Waals surface area (Å²) in [4.78, 5) is 0. The number of hydrogen-bond donors (Lipinski definition) is 0. The van der Waals surface area contributed by atoms with Gasteiger partial charge in [0.1, 0.15) is 0 Å². The fourth-order valence-electron chi connectivity index (χ4n) is 1.11. The average molecular weight is 209 g/mol. The number of halogens is 1. The van der Waals surface area contributed by atoms with E-state index in [2.05, 4.69) is 44.2 Å². The third-order valence-corrected chi connectivity index (χ3v) is 2.89. The molecule has 13 heavy (non-hydrogen) atoms. The van der Waals surface area contributed by atoms with Gasteiger partial charge in [0, 0.05) is 0 Å². The highest BCUT2D eigenvalue weighted by Crippen LogP contribution is 2.11. The fraction of sp³-hybridized carbons (Fsp3) is 0.273. The third kappa shape index (κ3) is 3.37. The van der Waals surface area contributed by atoms with Crippen molar-refractivity contribution >= 4 is 26.0 Å². The van der Waals surface area contributed by atoms with Crippen molar-refractivity contribution < 1.29 is 0 Å². The van der Waals surface area contributed by atoms with E-state index in [1.807, 2.05) is 0 Å². The van der Waals surface area contributed by atoms with Crippen molar-refractivity contribution in [3.05, 3.63) is 41.0 Å². The summed E-state index contributed by atoms with van der Waals surface area (Å²) in [6, 6.07) is 7.45. The summed E-state index contributed by atoms with van der Waals surface area (Å²) in [5.41, 5.74) is 3.95. The Balaban J connectivity index is 2.73. The Labute approximate surface area is 87.1 Å². The Morgan fingerprint density at radius 2 is 2.08 bits per heavy atom. The van der Waals surface area contributed by atoms with Gasteiger partial charge in [-0.3, -0.25) is 0 Å². The van der Waals surface area contributed by atoms with Gasteiger partial charge >= 0.3 is 0 Å². The topological polar surface area (TPSA) is 0 Å². The molecule has 0 bridgehead atoms. The zero-order valence-corrected chi connectivity index (χ0v) is 9.73. The Morgan fingerprint density at radius 3 is 2.69 bits per heavy atom. The first-order valence-corrected chi connectivity index (χ1v) is 6.53. The van der Waals surface area contributed by atoms with Crippen LogP contribution in [-0.2, 0) is 0 Å². The van der Waals surface area contributed by atoms with Crippen LogP contribution in [0.4, 0.5) is 0 Å². The molecule has 0 unspecified atom stereocenters. The van der Waals surface area contributed by atoms with Gasteiger partial charge in [-0.25, -0.2) is 0 Å². The lowest BCUT2D eigenvalue weighted by Crippen LogP contribution is -1.81. The van der Waals surface area contributed by atoms with Crippen LogP contribution in [0.2, 0.25) is 6.04 Å². The van der Waals surface area contributed by atoms with E-state index in [1.54, 1.807) is 0 Å². The molecular formula is C11H13ClSi. The molecule has 0 nitrogen and oxygen atoms in total. The Hall–Kier alpha value is -0.533. The van der Waals surface area contributed by atoms with Gasteiger partial charge in [-0.05, 0) is 36.6 Å². The van der Waals surface area contributed by atoms with Crippen LogP contribution in [0.15, 0.2) is 24.3 Å². The van der Waals surface area contributed by atoms with Crippen molar-refractivity contribution in [2.45, 2.75) is 19.9 Å². The molecule has 0 atom stereocenters. The first-order valence-electron chi connectivity index (χ1n) is 4.31. The lowest BCUT2D eigenvalue weighted by Gasteiger charge is -2.00. The van der Waals surface area contributed by atoms with Gasteiger partial charge in [0.15, 0.2) is 8.83 Å². The zero-order valence-electron chi connectivity index (χ0n) is 7.97. The quantitative estimate of drug-likeness (QED) is 0.526.